The highest BCUT2D eigenvalue weighted by molar-refractivity contribution is 5.82. The van der Waals surface area contributed by atoms with Gasteiger partial charge in [-0.1, -0.05) is 18.2 Å². The van der Waals surface area contributed by atoms with Gasteiger partial charge in [-0.15, -0.1) is 0 Å². The zero-order chi connectivity index (χ0) is 16.1. The predicted molar refractivity (Wildman–Crippen MR) is 91.3 cm³/mol. The van der Waals surface area contributed by atoms with Gasteiger partial charge in [0.25, 0.3) is 0 Å². The number of fused-ring (bicyclic) bond motifs is 1. The van der Waals surface area contributed by atoms with Crippen molar-refractivity contribution in [3.8, 4) is 0 Å². The second kappa shape index (κ2) is 7.43. The molecule has 3 N–H and O–H groups in total. The van der Waals surface area contributed by atoms with E-state index < -0.39 is 5.60 Å². The molecule has 0 spiro atoms. The highest BCUT2D eigenvalue weighted by Gasteiger charge is 2.39. The summed E-state index contributed by atoms with van der Waals surface area (Å²) >= 11 is 0. The molecule has 1 saturated heterocycles. The van der Waals surface area contributed by atoms with Crippen molar-refractivity contribution < 1.29 is 9.84 Å². The number of aliphatic hydroxyl groups is 1. The fourth-order valence-corrected chi connectivity index (χ4v) is 3.79. The van der Waals surface area contributed by atoms with Crippen LogP contribution in [0.3, 0.4) is 0 Å². The summed E-state index contributed by atoms with van der Waals surface area (Å²) in [6.07, 6.45) is 6.66. The van der Waals surface area contributed by atoms with Gasteiger partial charge in [-0.25, -0.2) is 0 Å². The SMILES string of the molecule is COCCCCC(O)(c1cccc2cn[nH]c12)[C@@H]1CCCNC1. The highest BCUT2D eigenvalue weighted by Crippen LogP contribution is 2.40. The first-order chi connectivity index (χ1) is 11.3. The molecule has 1 unspecified atom stereocenters. The molecule has 5 heteroatoms. The monoisotopic (exact) mass is 317 g/mol. The molecular formula is C18H27N3O2. The van der Waals surface area contributed by atoms with Crippen LogP contribution in [0.2, 0.25) is 0 Å². The molecular weight excluding hydrogens is 290 g/mol. The van der Waals surface area contributed by atoms with E-state index in [9.17, 15) is 5.11 Å². The van der Waals surface area contributed by atoms with E-state index in [1.807, 2.05) is 24.4 Å². The fraction of sp³-hybridized carbons (Fsp3) is 0.611. The van der Waals surface area contributed by atoms with Crippen molar-refractivity contribution in [1.29, 1.82) is 0 Å². The number of piperidine rings is 1. The first-order valence-corrected chi connectivity index (χ1v) is 8.60. The molecule has 0 amide bonds. The Bertz CT molecular complexity index is 622. The van der Waals surface area contributed by atoms with E-state index >= 15 is 0 Å². The maximum absolute atomic E-state index is 11.7. The van der Waals surface area contributed by atoms with Crippen LogP contribution in [0, 0.1) is 5.92 Å². The van der Waals surface area contributed by atoms with Crippen LogP contribution < -0.4 is 5.32 Å². The number of aromatic amines is 1. The number of nitrogens with one attached hydrogen (secondary N) is 2. The summed E-state index contributed by atoms with van der Waals surface area (Å²) in [4.78, 5) is 0. The Labute approximate surface area is 137 Å². The maximum atomic E-state index is 11.7. The van der Waals surface area contributed by atoms with Gasteiger partial charge in [0.05, 0.1) is 17.3 Å². The van der Waals surface area contributed by atoms with Crippen molar-refractivity contribution in [2.75, 3.05) is 26.8 Å². The molecule has 1 aromatic carbocycles. The smallest absolute Gasteiger partial charge is 0.0957 e. The summed E-state index contributed by atoms with van der Waals surface area (Å²) in [5.74, 6) is 0.229. The average molecular weight is 317 g/mol. The van der Waals surface area contributed by atoms with Gasteiger partial charge in [0.1, 0.15) is 0 Å². The minimum absolute atomic E-state index is 0.229. The van der Waals surface area contributed by atoms with Gasteiger partial charge in [-0.05, 0) is 38.6 Å². The van der Waals surface area contributed by atoms with Gasteiger partial charge in [-0.3, -0.25) is 5.10 Å². The van der Waals surface area contributed by atoms with Gasteiger partial charge in [0, 0.05) is 37.1 Å². The van der Waals surface area contributed by atoms with E-state index in [2.05, 4.69) is 15.5 Å². The molecule has 2 aromatic rings. The number of rotatable bonds is 7. The molecule has 0 saturated carbocycles. The van der Waals surface area contributed by atoms with Crippen LogP contribution in [-0.4, -0.2) is 42.1 Å². The first kappa shape index (κ1) is 16.4. The second-order valence-corrected chi connectivity index (χ2v) is 6.56. The Hall–Kier alpha value is -1.43. The number of H-pyrrole nitrogens is 1. The summed E-state index contributed by atoms with van der Waals surface area (Å²) in [7, 11) is 1.72. The third-order valence-corrected chi connectivity index (χ3v) is 5.07. The van der Waals surface area contributed by atoms with Crippen LogP contribution in [-0.2, 0) is 10.3 Å². The number of methoxy groups -OCH3 is 1. The van der Waals surface area contributed by atoms with Crippen molar-refractivity contribution in [2.45, 2.75) is 37.7 Å². The number of hydrogen-bond donors (Lipinski definition) is 3. The van der Waals surface area contributed by atoms with Gasteiger partial charge in [0.2, 0.25) is 0 Å². The largest absolute Gasteiger partial charge is 0.385 e. The quantitative estimate of drug-likeness (QED) is 0.687. The third kappa shape index (κ3) is 3.42. The van der Waals surface area contributed by atoms with Crippen LogP contribution in [0.15, 0.2) is 24.4 Å². The molecule has 1 aliphatic heterocycles. The second-order valence-electron chi connectivity index (χ2n) is 6.56. The molecule has 0 aliphatic carbocycles. The fourth-order valence-electron chi connectivity index (χ4n) is 3.79. The molecule has 0 bridgehead atoms. The Balaban J connectivity index is 1.91. The molecule has 5 nitrogen and oxygen atoms in total. The van der Waals surface area contributed by atoms with Crippen molar-refractivity contribution in [2.24, 2.45) is 5.92 Å². The van der Waals surface area contributed by atoms with Crippen molar-refractivity contribution in [3.63, 3.8) is 0 Å². The van der Waals surface area contributed by atoms with Crippen molar-refractivity contribution in [3.05, 3.63) is 30.0 Å². The number of para-hydroxylation sites is 1. The van der Waals surface area contributed by atoms with E-state index in [1.165, 1.54) is 0 Å². The summed E-state index contributed by atoms with van der Waals surface area (Å²) in [6.45, 7) is 2.66. The van der Waals surface area contributed by atoms with Crippen LogP contribution in [0.25, 0.3) is 10.9 Å². The average Bonchev–Trinajstić information content (AvgIpc) is 3.08. The zero-order valence-electron chi connectivity index (χ0n) is 13.8. The summed E-state index contributed by atoms with van der Waals surface area (Å²) in [6, 6.07) is 6.10. The summed E-state index contributed by atoms with van der Waals surface area (Å²) < 4.78 is 5.16. The summed E-state index contributed by atoms with van der Waals surface area (Å²) in [5, 5.41) is 23.4. The molecule has 3 rings (SSSR count). The third-order valence-electron chi connectivity index (χ3n) is 5.07. The molecule has 2 atom stereocenters. The first-order valence-electron chi connectivity index (χ1n) is 8.60. The predicted octanol–water partition coefficient (Wildman–Crippen LogP) is 2.57. The van der Waals surface area contributed by atoms with Crippen molar-refractivity contribution in [1.82, 2.24) is 15.5 Å². The minimum Gasteiger partial charge on any atom is -0.385 e. The Morgan fingerprint density at radius 2 is 2.30 bits per heavy atom. The zero-order valence-corrected chi connectivity index (χ0v) is 13.8. The minimum atomic E-state index is -0.826. The van der Waals surface area contributed by atoms with Crippen LogP contribution >= 0.6 is 0 Å². The Morgan fingerprint density at radius 1 is 1.39 bits per heavy atom. The van der Waals surface area contributed by atoms with E-state index in [-0.39, 0.29) is 5.92 Å². The number of ether oxygens (including phenoxy) is 1. The van der Waals surface area contributed by atoms with Crippen molar-refractivity contribution >= 4 is 10.9 Å². The van der Waals surface area contributed by atoms with Crippen LogP contribution in [0.5, 0.6) is 0 Å². The summed E-state index contributed by atoms with van der Waals surface area (Å²) in [5.41, 5.74) is 1.12. The van der Waals surface area contributed by atoms with E-state index in [4.69, 9.17) is 4.74 Å². The molecule has 23 heavy (non-hydrogen) atoms. The highest BCUT2D eigenvalue weighted by atomic mass is 16.5. The number of aromatic nitrogens is 2. The molecule has 1 fully saturated rings. The maximum Gasteiger partial charge on any atom is 0.0957 e. The lowest BCUT2D eigenvalue weighted by molar-refractivity contribution is -0.0423. The lowest BCUT2D eigenvalue weighted by Crippen LogP contribution is -2.44. The lowest BCUT2D eigenvalue weighted by atomic mass is 9.74. The standard InChI is InChI=1S/C18H27N3O2/c1-23-11-3-2-9-18(22,15-7-5-10-19-13-15)16-8-4-6-14-12-20-21-17(14)16/h4,6,8,12,15,19,22H,2-3,5,7,9-11,13H2,1H3,(H,20,21)/t15-,18?/m1/s1. The molecule has 2 heterocycles. The van der Waals surface area contributed by atoms with E-state index in [0.29, 0.717) is 0 Å². The van der Waals surface area contributed by atoms with Gasteiger partial charge >= 0.3 is 0 Å². The topological polar surface area (TPSA) is 70.2 Å². The normalized spacial score (nSPS) is 21.4. The Morgan fingerprint density at radius 3 is 3.09 bits per heavy atom. The van der Waals surface area contributed by atoms with Crippen LogP contribution in [0.1, 0.15) is 37.7 Å². The molecule has 0 radical (unpaired) electrons. The molecule has 126 valence electrons. The van der Waals surface area contributed by atoms with Gasteiger partial charge < -0.3 is 15.2 Å². The van der Waals surface area contributed by atoms with Crippen LogP contribution in [0.4, 0.5) is 0 Å². The van der Waals surface area contributed by atoms with Gasteiger partial charge in [-0.2, -0.15) is 5.10 Å². The van der Waals surface area contributed by atoms with Gasteiger partial charge in [0.15, 0.2) is 0 Å². The Kier molecular flexibility index (Phi) is 5.30. The number of unbranched alkanes of at least 4 members (excludes halogenated alkanes) is 1. The molecule has 1 aromatic heterocycles. The molecule has 1 aliphatic rings. The number of benzene rings is 1. The van der Waals surface area contributed by atoms with E-state index in [1.54, 1.807) is 7.11 Å². The number of hydrogen-bond acceptors (Lipinski definition) is 4. The lowest BCUT2D eigenvalue weighted by Gasteiger charge is -2.39. The number of nitrogens with zero attached hydrogens (tertiary/aromatic N) is 1. The van der Waals surface area contributed by atoms with E-state index in [0.717, 1.165) is 68.3 Å².